The maximum atomic E-state index is 12.7. The normalized spacial score (nSPS) is 16.3. The summed E-state index contributed by atoms with van der Waals surface area (Å²) in [4.78, 5) is 12.0. The molecule has 0 heterocycles. The van der Waals surface area contributed by atoms with Crippen LogP contribution in [0.2, 0.25) is 0 Å². The second-order valence-electron chi connectivity index (χ2n) is 15.5. The fourth-order valence-electron chi connectivity index (χ4n) is 7.19. The number of carbonyl (C=O) groups is 1. The summed E-state index contributed by atoms with van der Waals surface area (Å²) in [6.45, 7) is 15.1. The van der Waals surface area contributed by atoms with Crippen LogP contribution in [0.4, 0.5) is 11.4 Å². The van der Waals surface area contributed by atoms with Crippen molar-refractivity contribution in [3.05, 3.63) is 118 Å². The molecule has 2 unspecified atom stereocenters. The lowest BCUT2D eigenvalue weighted by atomic mass is 10.0. The van der Waals surface area contributed by atoms with Gasteiger partial charge in [-0.3, -0.25) is 14.2 Å². The number of benzene rings is 4. The van der Waals surface area contributed by atoms with Gasteiger partial charge in [-0.1, -0.05) is 77.9 Å². The zero-order valence-electron chi connectivity index (χ0n) is 33.1. The Morgan fingerprint density at radius 3 is 1.42 bits per heavy atom. The molecular formula is C44H58N4O5S2. The summed E-state index contributed by atoms with van der Waals surface area (Å²) >= 11 is 0. The number of hydrogen-bond acceptors (Lipinski definition) is 6. The molecule has 0 bridgehead atoms. The molecule has 6 rings (SSSR count). The highest BCUT2D eigenvalue weighted by molar-refractivity contribution is 7.93. The average molecular weight is 787 g/mol. The Hall–Kier alpha value is -4.19. The van der Waals surface area contributed by atoms with Crippen LogP contribution in [0, 0.1) is 11.8 Å². The summed E-state index contributed by atoms with van der Waals surface area (Å²) in [6.07, 6.45) is 5.45. The van der Waals surface area contributed by atoms with Gasteiger partial charge in [-0.25, -0.2) is 16.8 Å². The van der Waals surface area contributed by atoms with Crippen molar-refractivity contribution in [1.29, 1.82) is 0 Å². The van der Waals surface area contributed by atoms with Crippen molar-refractivity contribution in [2.45, 2.75) is 102 Å². The maximum absolute atomic E-state index is 12.7. The van der Waals surface area contributed by atoms with E-state index in [-0.39, 0.29) is 10.8 Å². The molecule has 4 N–H and O–H groups in total. The quantitative estimate of drug-likeness (QED) is 0.0899. The molecule has 0 fully saturated rings. The third-order valence-electron chi connectivity index (χ3n) is 10.4. The minimum absolute atomic E-state index is 0.0629. The second-order valence-corrected chi connectivity index (χ2v) is 18.9. The summed E-state index contributed by atoms with van der Waals surface area (Å²) in [5, 5.41) is 6.43. The van der Waals surface area contributed by atoms with Crippen molar-refractivity contribution in [3.63, 3.8) is 0 Å². The lowest BCUT2D eigenvalue weighted by Crippen LogP contribution is -2.28. The van der Waals surface area contributed by atoms with Gasteiger partial charge in [-0.05, 0) is 151 Å². The van der Waals surface area contributed by atoms with E-state index >= 15 is 0 Å². The van der Waals surface area contributed by atoms with Gasteiger partial charge < -0.3 is 10.6 Å². The van der Waals surface area contributed by atoms with Crippen molar-refractivity contribution in [3.8, 4) is 0 Å². The molecule has 1 amide bonds. The van der Waals surface area contributed by atoms with Gasteiger partial charge in [0.15, 0.2) is 0 Å². The highest BCUT2D eigenvalue weighted by Gasteiger charge is 2.24. The third-order valence-corrected chi connectivity index (χ3v) is 13.2. The Kier molecular flexibility index (Phi) is 14.2. The highest BCUT2D eigenvalue weighted by atomic mass is 32.2. The monoisotopic (exact) mass is 786 g/mol. The molecular weight excluding hydrogens is 729 g/mol. The molecule has 55 heavy (non-hydrogen) atoms. The number of sulfonamides is 2. The summed E-state index contributed by atoms with van der Waals surface area (Å²) < 4.78 is 56.2. The van der Waals surface area contributed by atoms with Crippen molar-refractivity contribution in [2.24, 2.45) is 11.8 Å². The topological polar surface area (TPSA) is 133 Å². The van der Waals surface area contributed by atoms with Crippen LogP contribution >= 0.6 is 0 Å². The smallest absolute Gasteiger partial charge is 0.261 e. The summed E-state index contributed by atoms with van der Waals surface area (Å²) in [6, 6.07) is 25.8. The van der Waals surface area contributed by atoms with Crippen LogP contribution in [0.5, 0.6) is 0 Å². The van der Waals surface area contributed by atoms with Gasteiger partial charge in [0.2, 0.25) is 5.91 Å². The van der Waals surface area contributed by atoms with Crippen molar-refractivity contribution >= 4 is 37.3 Å². The first-order valence-corrected chi connectivity index (χ1v) is 22.6. The van der Waals surface area contributed by atoms with Gasteiger partial charge in [-0.15, -0.1) is 0 Å². The maximum Gasteiger partial charge on any atom is 0.261 e. The number of carbonyl (C=O) groups excluding carboxylic acids is 1. The standard InChI is InChI=1S/C22H28N2O3S.C22H30N2O2S/c1-4-22(25)23-14-16-11-18-5-8-20(13-19(18)12-16)24-28(26,27)21-9-6-17(7-10-21)15(2)3;1-4-11-23-15-17-12-19-5-8-21(14-20(19)13-17)24-27(25,26)22-9-6-18(7-10-22)16(2)3/h5-10,13,15-16,24H,4,11-12,14H2,1-3H3,(H,23,25);5-10,14,16-17,23-24H,4,11-13,15H2,1-3H3. The molecule has 0 spiro atoms. The highest BCUT2D eigenvalue weighted by Crippen LogP contribution is 2.31. The van der Waals surface area contributed by atoms with Gasteiger partial charge in [0.05, 0.1) is 9.79 Å². The molecule has 11 heteroatoms. The van der Waals surface area contributed by atoms with E-state index in [1.807, 2.05) is 61.5 Å². The molecule has 0 saturated carbocycles. The molecule has 2 atom stereocenters. The van der Waals surface area contributed by atoms with E-state index in [0.29, 0.717) is 52.9 Å². The molecule has 0 saturated heterocycles. The van der Waals surface area contributed by atoms with Gasteiger partial charge in [-0.2, -0.15) is 0 Å². The van der Waals surface area contributed by atoms with Gasteiger partial charge >= 0.3 is 0 Å². The first-order valence-electron chi connectivity index (χ1n) is 19.6. The summed E-state index contributed by atoms with van der Waals surface area (Å²) in [5.74, 6) is 1.76. The lowest BCUT2D eigenvalue weighted by Gasteiger charge is -2.11. The zero-order valence-corrected chi connectivity index (χ0v) is 34.7. The number of nitrogens with one attached hydrogen (secondary N) is 4. The molecule has 2 aliphatic carbocycles. The number of hydrogen-bond donors (Lipinski definition) is 4. The zero-order chi connectivity index (χ0) is 39.8. The predicted molar refractivity (Wildman–Crippen MR) is 224 cm³/mol. The SMILES string of the molecule is CCC(=O)NCC1Cc2ccc(NS(=O)(=O)c3ccc(C(C)C)cc3)cc2C1.CCCNCC1Cc2ccc(NS(=O)(=O)c3ccc(C(C)C)cc3)cc2C1. The summed E-state index contributed by atoms with van der Waals surface area (Å²) in [5.41, 5.74) is 8.42. The van der Waals surface area contributed by atoms with Gasteiger partial charge in [0, 0.05) is 24.3 Å². The van der Waals surface area contributed by atoms with Crippen LogP contribution in [0.1, 0.15) is 99.6 Å². The van der Waals surface area contributed by atoms with Crippen molar-refractivity contribution in [1.82, 2.24) is 10.6 Å². The van der Waals surface area contributed by atoms with Gasteiger partial charge in [0.25, 0.3) is 20.0 Å². The third kappa shape index (κ3) is 11.4. The fourth-order valence-corrected chi connectivity index (χ4v) is 9.29. The van der Waals surface area contributed by atoms with Crippen LogP contribution in [0.25, 0.3) is 0 Å². The molecule has 0 aromatic heterocycles. The van der Waals surface area contributed by atoms with Crippen LogP contribution in [0.15, 0.2) is 94.7 Å². The molecule has 9 nitrogen and oxygen atoms in total. The number of rotatable bonds is 15. The number of anilines is 2. The van der Waals surface area contributed by atoms with E-state index in [2.05, 4.69) is 60.8 Å². The van der Waals surface area contributed by atoms with Gasteiger partial charge in [0.1, 0.15) is 0 Å². The molecule has 0 aliphatic heterocycles. The Bertz CT molecular complexity index is 2130. The van der Waals surface area contributed by atoms with E-state index in [0.717, 1.165) is 61.9 Å². The minimum Gasteiger partial charge on any atom is -0.356 e. The molecule has 0 radical (unpaired) electrons. The van der Waals surface area contributed by atoms with E-state index in [1.54, 1.807) is 24.3 Å². The Morgan fingerprint density at radius 2 is 1.02 bits per heavy atom. The lowest BCUT2D eigenvalue weighted by molar-refractivity contribution is -0.120. The van der Waals surface area contributed by atoms with E-state index in [1.165, 1.54) is 16.7 Å². The first-order chi connectivity index (χ1) is 26.2. The van der Waals surface area contributed by atoms with Crippen LogP contribution in [-0.2, 0) is 50.5 Å². The first kappa shape index (κ1) is 42.0. The Labute approximate surface area is 329 Å². The average Bonchev–Trinajstić information content (AvgIpc) is 3.76. The van der Waals surface area contributed by atoms with E-state index < -0.39 is 20.0 Å². The van der Waals surface area contributed by atoms with Crippen molar-refractivity contribution < 1.29 is 21.6 Å². The fraction of sp³-hybridized carbons (Fsp3) is 0.432. The van der Waals surface area contributed by atoms with Crippen molar-refractivity contribution in [2.75, 3.05) is 29.1 Å². The molecule has 2 aliphatic rings. The van der Waals surface area contributed by atoms with E-state index in [4.69, 9.17) is 0 Å². The van der Waals surface area contributed by atoms with Crippen LogP contribution < -0.4 is 20.1 Å². The minimum atomic E-state index is -3.62. The predicted octanol–water partition coefficient (Wildman–Crippen LogP) is 8.18. The molecule has 296 valence electrons. The summed E-state index contributed by atoms with van der Waals surface area (Å²) in [7, 11) is -7.19. The van der Waals surface area contributed by atoms with Crippen LogP contribution in [0.3, 0.4) is 0 Å². The largest absolute Gasteiger partial charge is 0.356 e. The second kappa shape index (κ2) is 18.6. The number of fused-ring (bicyclic) bond motifs is 2. The molecule has 4 aromatic carbocycles. The number of amides is 1. The molecule has 4 aromatic rings. The van der Waals surface area contributed by atoms with E-state index in [9.17, 15) is 21.6 Å². The Balaban J connectivity index is 0.000000211. The van der Waals surface area contributed by atoms with Crippen LogP contribution in [-0.4, -0.2) is 42.4 Å². The Morgan fingerprint density at radius 1 is 0.600 bits per heavy atom.